The van der Waals surface area contributed by atoms with Crippen molar-refractivity contribution < 1.29 is 9.53 Å². The first kappa shape index (κ1) is 13.9. The topological polar surface area (TPSA) is 38.3 Å². The van der Waals surface area contributed by atoms with Gasteiger partial charge in [-0.2, -0.15) is 0 Å². The summed E-state index contributed by atoms with van der Waals surface area (Å²) in [6.45, 7) is 2.62. The molecule has 1 N–H and O–H groups in total. The third-order valence-electron chi connectivity index (χ3n) is 1.88. The van der Waals surface area contributed by atoms with Crippen LogP contribution in [0.4, 0.5) is 5.69 Å². The molecule has 5 heteroatoms. The average molecular weight is 274 g/mol. The van der Waals surface area contributed by atoms with E-state index in [1.54, 1.807) is 31.2 Å². The van der Waals surface area contributed by atoms with E-state index in [0.29, 0.717) is 23.2 Å². The lowest BCUT2D eigenvalue weighted by Gasteiger charge is -2.05. The van der Waals surface area contributed by atoms with Crippen LogP contribution >= 0.6 is 23.2 Å². The molecule has 3 nitrogen and oxygen atoms in total. The second-order valence-electron chi connectivity index (χ2n) is 3.16. The molecule has 0 aliphatic carbocycles. The van der Waals surface area contributed by atoms with Gasteiger partial charge in [0.05, 0.1) is 17.3 Å². The highest BCUT2D eigenvalue weighted by molar-refractivity contribution is 6.36. The van der Waals surface area contributed by atoms with Gasteiger partial charge in [-0.1, -0.05) is 29.3 Å². The summed E-state index contributed by atoms with van der Waals surface area (Å²) in [5.41, 5.74) is 0.768. The Hall–Kier alpha value is -1.19. The molecule has 0 aliphatic heterocycles. The molecule has 1 rings (SSSR count). The first-order valence-corrected chi connectivity index (χ1v) is 5.91. The number of esters is 1. The van der Waals surface area contributed by atoms with Crippen LogP contribution in [0.2, 0.25) is 10.0 Å². The number of nitrogens with one attached hydrogen (secondary N) is 1. The second-order valence-corrected chi connectivity index (χ2v) is 4.00. The molecule has 0 amide bonds. The number of benzene rings is 1. The lowest BCUT2D eigenvalue weighted by atomic mass is 10.3. The van der Waals surface area contributed by atoms with E-state index in [1.807, 2.05) is 0 Å². The monoisotopic (exact) mass is 273 g/mol. The lowest BCUT2D eigenvalue weighted by Crippen LogP contribution is -2.02. The predicted octanol–water partition coefficient (Wildman–Crippen LogP) is 3.52. The summed E-state index contributed by atoms with van der Waals surface area (Å²) in [7, 11) is 0. The molecule has 17 heavy (non-hydrogen) atoms. The molecule has 0 atom stereocenters. The van der Waals surface area contributed by atoms with Crippen molar-refractivity contribution in [1.82, 2.24) is 0 Å². The molecule has 0 bridgehead atoms. The fourth-order valence-electron chi connectivity index (χ4n) is 1.15. The smallest absolute Gasteiger partial charge is 0.330 e. The molecule has 0 fully saturated rings. The molecule has 0 radical (unpaired) electrons. The molecule has 1 aromatic rings. The maximum atomic E-state index is 11.0. The van der Waals surface area contributed by atoms with Crippen molar-refractivity contribution in [3.05, 3.63) is 40.4 Å². The van der Waals surface area contributed by atoms with Gasteiger partial charge < -0.3 is 10.1 Å². The van der Waals surface area contributed by atoms with Gasteiger partial charge in [-0.15, -0.1) is 0 Å². The van der Waals surface area contributed by atoms with Crippen LogP contribution < -0.4 is 5.32 Å². The summed E-state index contributed by atoms with van der Waals surface area (Å²) in [5.74, 6) is -0.350. The summed E-state index contributed by atoms with van der Waals surface area (Å²) in [6.07, 6.45) is 3.04. The van der Waals surface area contributed by atoms with Gasteiger partial charge in [-0.3, -0.25) is 0 Å². The normalized spacial score (nSPS) is 10.5. The highest BCUT2D eigenvalue weighted by Crippen LogP contribution is 2.24. The molecule has 1 aromatic carbocycles. The van der Waals surface area contributed by atoms with E-state index >= 15 is 0 Å². The van der Waals surface area contributed by atoms with Crippen molar-refractivity contribution in [2.24, 2.45) is 0 Å². The van der Waals surface area contributed by atoms with Gasteiger partial charge in [0.1, 0.15) is 0 Å². The number of rotatable bonds is 5. The second kappa shape index (κ2) is 7.20. The highest BCUT2D eigenvalue weighted by Gasteiger charge is 1.99. The van der Waals surface area contributed by atoms with Gasteiger partial charge in [0, 0.05) is 17.6 Å². The van der Waals surface area contributed by atoms with Crippen molar-refractivity contribution in [3.8, 4) is 0 Å². The molecule has 0 unspecified atom stereocenters. The number of ether oxygens (including phenoxy) is 1. The zero-order valence-corrected chi connectivity index (χ0v) is 10.9. The first-order chi connectivity index (χ1) is 8.13. The molecule has 0 heterocycles. The summed E-state index contributed by atoms with van der Waals surface area (Å²) >= 11 is 11.7. The predicted molar refractivity (Wildman–Crippen MR) is 70.7 cm³/mol. The van der Waals surface area contributed by atoms with Gasteiger partial charge in [0.25, 0.3) is 0 Å². The Morgan fingerprint density at radius 3 is 2.88 bits per heavy atom. The minimum absolute atomic E-state index is 0.350. The van der Waals surface area contributed by atoms with Gasteiger partial charge in [-0.25, -0.2) is 4.79 Å². The van der Waals surface area contributed by atoms with E-state index in [2.05, 4.69) is 5.32 Å². The maximum Gasteiger partial charge on any atom is 0.330 e. The Kier molecular flexibility index (Phi) is 5.87. The van der Waals surface area contributed by atoms with E-state index < -0.39 is 0 Å². The standard InChI is InChI=1S/C12H13Cl2NO2/c1-2-17-12(16)4-3-7-15-11-6-5-9(13)8-10(11)14/h3-6,8,15H,2,7H2,1H3/b4-3+. The molecular formula is C12H13Cl2NO2. The lowest BCUT2D eigenvalue weighted by molar-refractivity contribution is -0.137. The van der Waals surface area contributed by atoms with Crippen LogP contribution in [0.5, 0.6) is 0 Å². The molecule has 0 spiro atoms. The van der Waals surface area contributed by atoms with E-state index in [0.717, 1.165) is 5.69 Å². The van der Waals surface area contributed by atoms with Crippen molar-refractivity contribution in [2.45, 2.75) is 6.92 Å². The van der Waals surface area contributed by atoms with E-state index in [1.165, 1.54) is 6.08 Å². The summed E-state index contributed by atoms with van der Waals surface area (Å²) < 4.78 is 4.74. The summed E-state index contributed by atoms with van der Waals surface area (Å²) in [6, 6.07) is 5.17. The fraction of sp³-hybridized carbons (Fsp3) is 0.250. The van der Waals surface area contributed by atoms with Gasteiger partial charge in [0.2, 0.25) is 0 Å². The summed E-state index contributed by atoms with van der Waals surface area (Å²) in [5, 5.41) is 4.18. The van der Waals surface area contributed by atoms with E-state index in [-0.39, 0.29) is 5.97 Å². The number of carbonyl (C=O) groups is 1. The van der Waals surface area contributed by atoms with Crippen LogP contribution in [0, 0.1) is 0 Å². The van der Waals surface area contributed by atoms with Crippen molar-refractivity contribution in [1.29, 1.82) is 0 Å². The third-order valence-corrected chi connectivity index (χ3v) is 2.43. The number of carbonyl (C=O) groups excluding carboxylic acids is 1. The molecular weight excluding hydrogens is 261 g/mol. The summed E-state index contributed by atoms with van der Waals surface area (Å²) in [4.78, 5) is 11.0. The van der Waals surface area contributed by atoms with Crippen molar-refractivity contribution in [3.63, 3.8) is 0 Å². The quantitative estimate of drug-likeness (QED) is 0.659. The van der Waals surface area contributed by atoms with Gasteiger partial charge >= 0.3 is 5.97 Å². The fourth-order valence-corrected chi connectivity index (χ4v) is 1.62. The largest absolute Gasteiger partial charge is 0.463 e. The van der Waals surface area contributed by atoms with Crippen molar-refractivity contribution >= 4 is 34.9 Å². The Morgan fingerprint density at radius 1 is 1.47 bits per heavy atom. The molecule has 92 valence electrons. The number of anilines is 1. The first-order valence-electron chi connectivity index (χ1n) is 5.15. The number of hydrogen-bond donors (Lipinski definition) is 1. The molecule has 0 aromatic heterocycles. The number of hydrogen-bond acceptors (Lipinski definition) is 3. The van der Waals surface area contributed by atoms with Gasteiger partial charge in [-0.05, 0) is 25.1 Å². The minimum atomic E-state index is -0.350. The van der Waals surface area contributed by atoms with Crippen LogP contribution in [0.25, 0.3) is 0 Å². The SMILES string of the molecule is CCOC(=O)/C=C/CNc1ccc(Cl)cc1Cl. The highest BCUT2D eigenvalue weighted by atomic mass is 35.5. The third kappa shape index (κ3) is 5.11. The van der Waals surface area contributed by atoms with Crippen molar-refractivity contribution in [2.75, 3.05) is 18.5 Å². The zero-order valence-electron chi connectivity index (χ0n) is 9.37. The number of halogens is 2. The van der Waals surface area contributed by atoms with Crippen LogP contribution in [0.1, 0.15) is 6.92 Å². The van der Waals surface area contributed by atoms with Gasteiger partial charge in [0.15, 0.2) is 0 Å². The van der Waals surface area contributed by atoms with Crippen LogP contribution in [0.15, 0.2) is 30.4 Å². The van der Waals surface area contributed by atoms with Crippen LogP contribution in [0.3, 0.4) is 0 Å². The maximum absolute atomic E-state index is 11.0. The molecule has 0 saturated heterocycles. The Morgan fingerprint density at radius 2 is 2.24 bits per heavy atom. The molecule has 0 aliphatic rings. The minimum Gasteiger partial charge on any atom is -0.463 e. The van der Waals surface area contributed by atoms with Crippen LogP contribution in [-0.4, -0.2) is 19.1 Å². The van der Waals surface area contributed by atoms with E-state index in [4.69, 9.17) is 27.9 Å². The Balaban J connectivity index is 2.43. The molecule has 0 saturated carbocycles. The zero-order chi connectivity index (χ0) is 12.7. The van der Waals surface area contributed by atoms with E-state index in [9.17, 15) is 4.79 Å². The Labute approximate surface area is 110 Å². The average Bonchev–Trinajstić information content (AvgIpc) is 2.27. The van der Waals surface area contributed by atoms with Crippen LogP contribution in [-0.2, 0) is 9.53 Å². The Bertz CT molecular complexity index is 419.